The first-order valence-electron chi connectivity index (χ1n) is 15.4. The Morgan fingerprint density at radius 2 is 1.42 bits per heavy atom. The Labute approximate surface area is 272 Å². The molecule has 3 heterocycles. The number of benzene rings is 2. The molecule has 45 heavy (non-hydrogen) atoms. The van der Waals surface area contributed by atoms with E-state index in [1.807, 2.05) is 95.0 Å². The van der Waals surface area contributed by atoms with Gasteiger partial charge in [-0.3, -0.25) is 9.69 Å². The summed E-state index contributed by atoms with van der Waals surface area (Å²) in [5, 5.41) is 1.55. The second-order valence-electron chi connectivity index (χ2n) is 13.5. The van der Waals surface area contributed by atoms with Gasteiger partial charge in [-0.25, -0.2) is 18.7 Å². The molecule has 0 saturated heterocycles. The highest BCUT2D eigenvalue weighted by atomic mass is 79.9. The molecule has 0 fully saturated rings. The van der Waals surface area contributed by atoms with E-state index in [-0.39, 0.29) is 25.5 Å². The minimum absolute atomic E-state index is 0.137. The van der Waals surface area contributed by atoms with Crippen LogP contribution in [0.4, 0.5) is 9.59 Å². The van der Waals surface area contributed by atoms with Crippen molar-refractivity contribution in [1.29, 1.82) is 0 Å². The van der Waals surface area contributed by atoms with Crippen molar-refractivity contribution in [2.24, 2.45) is 0 Å². The van der Waals surface area contributed by atoms with Gasteiger partial charge in [0.15, 0.2) is 5.78 Å². The molecule has 5 rings (SSSR count). The summed E-state index contributed by atoms with van der Waals surface area (Å²) in [6.45, 7) is 14.2. The zero-order valence-corrected chi connectivity index (χ0v) is 28.7. The Kier molecular flexibility index (Phi) is 9.31. The predicted octanol–water partition coefficient (Wildman–Crippen LogP) is 8.31. The van der Waals surface area contributed by atoms with Gasteiger partial charge in [0.05, 0.1) is 40.6 Å². The maximum absolute atomic E-state index is 14.5. The second-order valence-corrected chi connectivity index (χ2v) is 14.3. The molecule has 0 aliphatic carbocycles. The molecule has 10 heteroatoms. The van der Waals surface area contributed by atoms with E-state index in [1.165, 1.54) is 4.57 Å². The zero-order valence-electron chi connectivity index (χ0n) is 27.1. The molecule has 9 nitrogen and oxygen atoms in total. The molecule has 0 amide bonds. The standard InChI is InChI=1S/C35H42BrN3O6/c1-8-9-18-43-21-28-31(40)29-22-14-10-12-16-24(22)38(32(41)44-34(2,3)4)26(29)19-37(28)20-27-30(36)23-15-11-13-17-25(23)39(27)33(42)45-35(5,6)7/h10-17,28H,8-9,18-21H2,1-7H3/t28-/m0/s1. The SMILES string of the molecule is CCCCOC[C@H]1C(=O)c2c(n(C(=O)OC(C)(C)C)c3ccccc23)CN1Cc1c(Br)c2ccccc2n1C(=O)OC(C)(C)C. The molecule has 0 bridgehead atoms. The summed E-state index contributed by atoms with van der Waals surface area (Å²) in [4.78, 5) is 43.8. The van der Waals surface area contributed by atoms with E-state index in [1.54, 1.807) is 4.57 Å². The summed E-state index contributed by atoms with van der Waals surface area (Å²) in [7, 11) is 0. The minimum Gasteiger partial charge on any atom is -0.443 e. The molecule has 0 N–H and O–H groups in total. The Hall–Kier alpha value is -3.47. The van der Waals surface area contributed by atoms with Crippen LogP contribution in [-0.2, 0) is 27.3 Å². The zero-order chi connectivity index (χ0) is 32.7. The van der Waals surface area contributed by atoms with Gasteiger partial charge in [-0.1, -0.05) is 49.7 Å². The molecule has 2 aromatic heterocycles. The van der Waals surface area contributed by atoms with Gasteiger partial charge < -0.3 is 14.2 Å². The summed E-state index contributed by atoms with van der Waals surface area (Å²) < 4.78 is 21.5. The van der Waals surface area contributed by atoms with Crippen molar-refractivity contribution in [3.8, 4) is 0 Å². The van der Waals surface area contributed by atoms with E-state index in [2.05, 4.69) is 22.9 Å². The quantitative estimate of drug-likeness (QED) is 0.181. The first-order valence-corrected chi connectivity index (χ1v) is 16.2. The van der Waals surface area contributed by atoms with Gasteiger partial charge >= 0.3 is 12.2 Å². The van der Waals surface area contributed by atoms with Crippen molar-refractivity contribution < 1.29 is 28.6 Å². The monoisotopic (exact) mass is 679 g/mol. The van der Waals surface area contributed by atoms with Crippen molar-refractivity contribution >= 4 is 55.7 Å². The van der Waals surface area contributed by atoms with Crippen LogP contribution in [0.2, 0.25) is 0 Å². The van der Waals surface area contributed by atoms with Gasteiger partial charge in [-0.2, -0.15) is 0 Å². The lowest BCUT2D eigenvalue weighted by atomic mass is 9.95. The highest BCUT2D eigenvalue weighted by Crippen LogP contribution is 2.38. The number of fused-ring (bicyclic) bond motifs is 4. The molecule has 0 saturated carbocycles. The van der Waals surface area contributed by atoms with Crippen LogP contribution >= 0.6 is 15.9 Å². The molecule has 1 aliphatic rings. The molecule has 2 aromatic carbocycles. The van der Waals surface area contributed by atoms with Gasteiger partial charge in [0.25, 0.3) is 0 Å². The average molecular weight is 681 g/mol. The van der Waals surface area contributed by atoms with Crippen LogP contribution in [0.15, 0.2) is 53.0 Å². The molecule has 4 aromatic rings. The van der Waals surface area contributed by atoms with Crippen molar-refractivity contribution in [3.63, 3.8) is 0 Å². The molecular formula is C35H42BrN3O6. The molecule has 1 atom stereocenters. The van der Waals surface area contributed by atoms with Crippen LogP contribution in [0.25, 0.3) is 21.8 Å². The van der Waals surface area contributed by atoms with Crippen LogP contribution in [0, 0.1) is 0 Å². The second kappa shape index (κ2) is 12.7. The van der Waals surface area contributed by atoms with Gasteiger partial charge in [-0.15, -0.1) is 0 Å². The number of hydrogen-bond donors (Lipinski definition) is 0. The van der Waals surface area contributed by atoms with E-state index >= 15 is 0 Å². The fraction of sp³-hybridized carbons (Fsp3) is 0.457. The third kappa shape index (κ3) is 6.73. The summed E-state index contributed by atoms with van der Waals surface area (Å²) in [6.07, 6.45) is 0.790. The van der Waals surface area contributed by atoms with Crippen LogP contribution in [0.3, 0.4) is 0 Å². The van der Waals surface area contributed by atoms with Crippen LogP contribution in [-0.4, -0.2) is 62.5 Å². The summed E-state index contributed by atoms with van der Waals surface area (Å²) in [6, 6.07) is 14.4. The normalized spacial score (nSPS) is 15.9. The van der Waals surface area contributed by atoms with Crippen molar-refractivity contribution in [1.82, 2.24) is 14.0 Å². The number of ketones is 1. The number of ether oxygens (including phenoxy) is 3. The van der Waals surface area contributed by atoms with E-state index in [0.29, 0.717) is 40.0 Å². The first kappa shape index (κ1) is 32.9. The number of hydrogen-bond acceptors (Lipinski definition) is 7. The molecule has 0 unspecified atom stereocenters. The maximum atomic E-state index is 14.5. The van der Waals surface area contributed by atoms with Gasteiger partial charge in [0, 0.05) is 34.9 Å². The fourth-order valence-corrected chi connectivity index (χ4v) is 6.40. The largest absolute Gasteiger partial charge is 0.443 e. The smallest absolute Gasteiger partial charge is 0.419 e. The average Bonchev–Trinajstić information content (AvgIpc) is 3.42. The fourth-order valence-electron chi connectivity index (χ4n) is 5.76. The minimum atomic E-state index is -0.734. The third-order valence-corrected chi connectivity index (χ3v) is 8.53. The summed E-state index contributed by atoms with van der Waals surface area (Å²) >= 11 is 3.77. The van der Waals surface area contributed by atoms with Crippen molar-refractivity contribution in [2.75, 3.05) is 13.2 Å². The Morgan fingerprint density at radius 1 is 0.867 bits per heavy atom. The Balaban J connectivity index is 1.65. The number of para-hydroxylation sites is 2. The molecule has 0 radical (unpaired) electrons. The van der Waals surface area contributed by atoms with Gasteiger partial charge in [0.1, 0.15) is 11.2 Å². The number of rotatable bonds is 7. The molecule has 1 aliphatic heterocycles. The van der Waals surface area contributed by atoms with Gasteiger partial charge in [0.2, 0.25) is 0 Å². The first-order chi connectivity index (χ1) is 21.2. The third-order valence-electron chi connectivity index (χ3n) is 7.64. The summed E-state index contributed by atoms with van der Waals surface area (Å²) in [5.74, 6) is -0.137. The molecule has 0 spiro atoms. The van der Waals surface area contributed by atoms with E-state index in [4.69, 9.17) is 14.2 Å². The summed E-state index contributed by atoms with van der Waals surface area (Å²) in [5.41, 5.74) is 1.55. The highest BCUT2D eigenvalue weighted by molar-refractivity contribution is 9.10. The van der Waals surface area contributed by atoms with E-state index in [0.717, 1.165) is 22.7 Å². The number of aromatic nitrogens is 2. The number of halogens is 1. The van der Waals surface area contributed by atoms with E-state index in [9.17, 15) is 14.4 Å². The Morgan fingerprint density at radius 3 is 2.02 bits per heavy atom. The molecule has 240 valence electrons. The maximum Gasteiger partial charge on any atom is 0.419 e. The van der Waals surface area contributed by atoms with Crippen LogP contribution in [0.1, 0.15) is 83.1 Å². The Bertz CT molecular complexity index is 1760. The number of carbonyl (C=O) groups is 3. The topological polar surface area (TPSA) is 92.0 Å². The number of unbranched alkanes of at least 4 members (excludes halogenated alkanes) is 1. The number of Topliss-reactive ketones (excluding diaryl/α,β-unsaturated/α-hetero) is 1. The predicted molar refractivity (Wildman–Crippen MR) is 178 cm³/mol. The lowest BCUT2D eigenvalue weighted by Crippen LogP contribution is -2.48. The van der Waals surface area contributed by atoms with Crippen LogP contribution in [0.5, 0.6) is 0 Å². The van der Waals surface area contributed by atoms with Gasteiger partial charge in [-0.05, 0) is 76.0 Å². The highest BCUT2D eigenvalue weighted by Gasteiger charge is 2.40. The van der Waals surface area contributed by atoms with E-state index < -0.39 is 29.4 Å². The lowest BCUT2D eigenvalue weighted by molar-refractivity contribution is 0.0348. The number of carbonyl (C=O) groups excluding carboxylic acids is 3. The van der Waals surface area contributed by atoms with Crippen molar-refractivity contribution in [3.05, 3.63) is 70.0 Å². The van der Waals surface area contributed by atoms with Crippen LogP contribution < -0.4 is 0 Å². The van der Waals surface area contributed by atoms with Crippen molar-refractivity contribution in [2.45, 2.75) is 91.6 Å². The molecular weight excluding hydrogens is 638 g/mol. The number of nitrogens with zero attached hydrogens (tertiary/aromatic N) is 3. The lowest BCUT2D eigenvalue weighted by Gasteiger charge is -2.35.